The molecular formula is C16H23ClF2N2O2. The van der Waals surface area contributed by atoms with Gasteiger partial charge in [-0.1, -0.05) is 19.1 Å². The van der Waals surface area contributed by atoms with E-state index in [1.807, 2.05) is 4.90 Å². The molecule has 1 aliphatic rings. The summed E-state index contributed by atoms with van der Waals surface area (Å²) < 4.78 is 28.5. The fourth-order valence-corrected chi connectivity index (χ4v) is 2.87. The minimum Gasteiger partial charge on any atom is -0.435 e. The van der Waals surface area contributed by atoms with Crippen LogP contribution in [0, 0.1) is 5.92 Å². The Labute approximate surface area is 141 Å². The molecular weight excluding hydrogens is 326 g/mol. The first-order chi connectivity index (χ1) is 10.5. The zero-order chi connectivity index (χ0) is 16.1. The van der Waals surface area contributed by atoms with E-state index in [1.54, 1.807) is 12.1 Å². The van der Waals surface area contributed by atoms with Gasteiger partial charge in [-0.25, -0.2) is 0 Å². The van der Waals surface area contributed by atoms with Crippen LogP contribution in [-0.4, -0.2) is 36.5 Å². The summed E-state index contributed by atoms with van der Waals surface area (Å²) in [5.74, 6) is 0.714. The SMILES string of the molecule is CC1CCN(C(=O)Cc2ccc(OC(F)F)cc2)C(CN)C1.Cl. The average Bonchev–Trinajstić information content (AvgIpc) is 2.48. The zero-order valence-electron chi connectivity index (χ0n) is 13.1. The number of hydrogen-bond acceptors (Lipinski definition) is 3. The summed E-state index contributed by atoms with van der Waals surface area (Å²) in [5.41, 5.74) is 6.55. The van der Waals surface area contributed by atoms with Crippen molar-refractivity contribution in [2.75, 3.05) is 13.1 Å². The van der Waals surface area contributed by atoms with Gasteiger partial charge >= 0.3 is 6.61 Å². The second kappa shape index (κ2) is 9.03. The number of rotatable bonds is 5. The van der Waals surface area contributed by atoms with E-state index in [4.69, 9.17) is 5.73 Å². The number of carbonyl (C=O) groups is 1. The van der Waals surface area contributed by atoms with Crippen LogP contribution in [0.4, 0.5) is 8.78 Å². The molecule has 1 fully saturated rings. The molecule has 1 amide bonds. The van der Waals surface area contributed by atoms with Crippen molar-refractivity contribution in [3.05, 3.63) is 29.8 Å². The van der Waals surface area contributed by atoms with E-state index in [0.29, 0.717) is 12.5 Å². The molecule has 1 heterocycles. The van der Waals surface area contributed by atoms with Gasteiger partial charge in [-0.15, -0.1) is 12.4 Å². The molecule has 2 N–H and O–H groups in total. The van der Waals surface area contributed by atoms with Crippen molar-refractivity contribution < 1.29 is 18.3 Å². The number of hydrogen-bond donors (Lipinski definition) is 1. The summed E-state index contributed by atoms with van der Waals surface area (Å²) in [6.07, 6.45) is 2.17. The first-order valence-electron chi connectivity index (χ1n) is 7.53. The smallest absolute Gasteiger partial charge is 0.387 e. The van der Waals surface area contributed by atoms with Gasteiger partial charge in [0.25, 0.3) is 0 Å². The van der Waals surface area contributed by atoms with Gasteiger partial charge in [0.1, 0.15) is 5.75 Å². The second-order valence-corrected chi connectivity index (χ2v) is 5.81. The van der Waals surface area contributed by atoms with Crippen molar-refractivity contribution >= 4 is 18.3 Å². The van der Waals surface area contributed by atoms with Crippen molar-refractivity contribution in [1.29, 1.82) is 0 Å². The summed E-state index contributed by atoms with van der Waals surface area (Å²) in [4.78, 5) is 14.3. The zero-order valence-corrected chi connectivity index (χ0v) is 13.9. The number of piperidine rings is 1. The summed E-state index contributed by atoms with van der Waals surface area (Å²) >= 11 is 0. The number of alkyl halides is 2. The van der Waals surface area contributed by atoms with Gasteiger partial charge in [0.15, 0.2) is 0 Å². The number of ether oxygens (including phenoxy) is 1. The number of nitrogens with two attached hydrogens (primary N) is 1. The highest BCUT2D eigenvalue weighted by Crippen LogP contribution is 2.23. The van der Waals surface area contributed by atoms with Gasteiger partial charge in [-0.2, -0.15) is 8.78 Å². The predicted octanol–water partition coefficient (Wildman–Crippen LogP) is 2.84. The molecule has 0 radical (unpaired) electrons. The van der Waals surface area contributed by atoms with Crippen LogP contribution >= 0.6 is 12.4 Å². The van der Waals surface area contributed by atoms with Crippen molar-refractivity contribution in [3.8, 4) is 5.75 Å². The van der Waals surface area contributed by atoms with Crippen LogP contribution in [0.15, 0.2) is 24.3 Å². The van der Waals surface area contributed by atoms with Crippen LogP contribution in [0.2, 0.25) is 0 Å². The first-order valence-corrected chi connectivity index (χ1v) is 7.53. The van der Waals surface area contributed by atoms with Crippen LogP contribution < -0.4 is 10.5 Å². The highest BCUT2D eigenvalue weighted by atomic mass is 35.5. The van der Waals surface area contributed by atoms with Crippen molar-refractivity contribution in [2.45, 2.75) is 38.8 Å². The Morgan fingerprint density at radius 3 is 2.61 bits per heavy atom. The molecule has 2 rings (SSSR count). The number of benzene rings is 1. The average molecular weight is 349 g/mol. The number of likely N-dealkylation sites (tertiary alicyclic amines) is 1. The van der Waals surface area contributed by atoms with E-state index < -0.39 is 6.61 Å². The van der Waals surface area contributed by atoms with E-state index in [0.717, 1.165) is 24.9 Å². The minimum absolute atomic E-state index is 0. The maximum Gasteiger partial charge on any atom is 0.387 e. The number of amides is 1. The molecule has 130 valence electrons. The molecule has 2 atom stereocenters. The van der Waals surface area contributed by atoms with Crippen LogP contribution in [0.5, 0.6) is 5.75 Å². The van der Waals surface area contributed by atoms with Crippen molar-refractivity contribution in [3.63, 3.8) is 0 Å². The fraction of sp³-hybridized carbons (Fsp3) is 0.562. The molecule has 2 unspecified atom stereocenters. The van der Waals surface area contributed by atoms with Crippen LogP contribution in [0.3, 0.4) is 0 Å². The lowest BCUT2D eigenvalue weighted by molar-refractivity contribution is -0.134. The number of halogens is 3. The Balaban J connectivity index is 0.00000264. The van der Waals surface area contributed by atoms with Gasteiger partial charge in [0.05, 0.1) is 6.42 Å². The quantitative estimate of drug-likeness (QED) is 0.890. The highest BCUT2D eigenvalue weighted by Gasteiger charge is 2.28. The Bertz CT molecular complexity index is 499. The summed E-state index contributed by atoms with van der Waals surface area (Å²) in [6.45, 7) is 0.533. The first kappa shape index (κ1) is 19.6. The third kappa shape index (κ3) is 5.62. The van der Waals surface area contributed by atoms with E-state index >= 15 is 0 Å². The van der Waals surface area contributed by atoms with E-state index in [9.17, 15) is 13.6 Å². The minimum atomic E-state index is -2.84. The monoisotopic (exact) mass is 348 g/mol. The summed E-state index contributed by atoms with van der Waals surface area (Å²) in [6, 6.07) is 6.28. The molecule has 0 aromatic heterocycles. The molecule has 23 heavy (non-hydrogen) atoms. The lowest BCUT2D eigenvalue weighted by Gasteiger charge is -2.38. The lowest BCUT2D eigenvalue weighted by Crippen LogP contribution is -2.49. The number of carbonyl (C=O) groups excluding carboxylic acids is 1. The Morgan fingerprint density at radius 1 is 1.39 bits per heavy atom. The summed E-state index contributed by atoms with van der Waals surface area (Å²) in [5, 5.41) is 0. The Kier molecular flexibility index (Phi) is 7.72. The van der Waals surface area contributed by atoms with Gasteiger partial charge in [0, 0.05) is 19.1 Å². The van der Waals surface area contributed by atoms with E-state index in [-0.39, 0.29) is 36.5 Å². The largest absolute Gasteiger partial charge is 0.435 e. The molecule has 1 aromatic carbocycles. The molecule has 7 heteroatoms. The fourth-order valence-electron chi connectivity index (χ4n) is 2.87. The third-order valence-electron chi connectivity index (χ3n) is 4.07. The van der Waals surface area contributed by atoms with Crippen LogP contribution in [0.1, 0.15) is 25.3 Å². The molecule has 0 aliphatic carbocycles. The molecule has 0 saturated carbocycles. The van der Waals surface area contributed by atoms with Gasteiger partial charge in [-0.05, 0) is 36.5 Å². The molecule has 0 bridgehead atoms. The van der Waals surface area contributed by atoms with E-state index in [1.165, 1.54) is 12.1 Å². The topological polar surface area (TPSA) is 55.6 Å². The lowest BCUT2D eigenvalue weighted by atomic mass is 9.92. The Hall–Kier alpha value is -1.40. The molecule has 1 aromatic rings. The summed E-state index contributed by atoms with van der Waals surface area (Å²) in [7, 11) is 0. The Morgan fingerprint density at radius 2 is 2.04 bits per heavy atom. The maximum atomic E-state index is 12.4. The molecule has 4 nitrogen and oxygen atoms in total. The highest BCUT2D eigenvalue weighted by molar-refractivity contribution is 5.85. The van der Waals surface area contributed by atoms with Gasteiger partial charge in [-0.3, -0.25) is 4.79 Å². The van der Waals surface area contributed by atoms with Gasteiger partial charge in [0.2, 0.25) is 5.91 Å². The van der Waals surface area contributed by atoms with Crippen molar-refractivity contribution in [1.82, 2.24) is 4.90 Å². The van der Waals surface area contributed by atoms with E-state index in [2.05, 4.69) is 11.7 Å². The van der Waals surface area contributed by atoms with Crippen LogP contribution in [0.25, 0.3) is 0 Å². The second-order valence-electron chi connectivity index (χ2n) is 5.81. The normalized spacial score (nSPS) is 21.0. The third-order valence-corrected chi connectivity index (χ3v) is 4.07. The van der Waals surface area contributed by atoms with Crippen LogP contribution in [-0.2, 0) is 11.2 Å². The maximum absolute atomic E-state index is 12.4. The van der Waals surface area contributed by atoms with Crippen molar-refractivity contribution in [2.24, 2.45) is 11.7 Å². The number of nitrogens with zero attached hydrogens (tertiary/aromatic N) is 1. The molecule has 1 aliphatic heterocycles. The predicted molar refractivity (Wildman–Crippen MR) is 87.0 cm³/mol. The molecule has 0 spiro atoms. The van der Waals surface area contributed by atoms with Gasteiger partial charge < -0.3 is 15.4 Å². The standard InChI is InChI=1S/C16H22F2N2O2.ClH/c1-11-6-7-20(13(8-11)10-19)15(21)9-12-2-4-14(5-3-12)22-16(17)18;/h2-5,11,13,16H,6-10,19H2,1H3;1H. The molecule has 1 saturated heterocycles.